The molecule has 0 atom stereocenters. The Balaban J connectivity index is 2.08. The number of rotatable bonds is 3. The van der Waals surface area contributed by atoms with Crippen LogP contribution in [0.25, 0.3) is 0 Å². The molecule has 0 bridgehead atoms. The molecule has 6 heteroatoms. The molecule has 6 nitrogen and oxygen atoms in total. The number of likely N-dealkylation sites (tertiary alicyclic amines) is 1. The normalized spacial score (nSPS) is 14.0. The van der Waals surface area contributed by atoms with Gasteiger partial charge in [0.25, 0.3) is 0 Å². The van der Waals surface area contributed by atoms with E-state index >= 15 is 0 Å². The smallest absolute Gasteiger partial charge is 0.313 e. The second kappa shape index (κ2) is 6.27. The predicted octanol–water partition coefficient (Wildman–Crippen LogP) is 1.26. The van der Waals surface area contributed by atoms with E-state index in [0.717, 1.165) is 12.8 Å². The van der Waals surface area contributed by atoms with Gasteiger partial charge in [-0.3, -0.25) is 9.59 Å². The summed E-state index contributed by atoms with van der Waals surface area (Å²) >= 11 is 0. The molecule has 0 unspecified atom stereocenters. The standard InChI is InChI=1S/C14H18N2O4/c1-19-11-7-10(8-12(9-11)20-2)15-13(17)14(18)16-5-3-4-6-16/h7-9H,3-6H2,1-2H3,(H,15,17). The van der Waals surface area contributed by atoms with Crippen molar-refractivity contribution in [2.45, 2.75) is 12.8 Å². The van der Waals surface area contributed by atoms with E-state index in [0.29, 0.717) is 30.3 Å². The molecule has 0 spiro atoms. The number of nitrogens with zero attached hydrogens (tertiary/aromatic N) is 1. The summed E-state index contributed by atoms with van der Waals surface area (Å²) in [7, 11) is 3.05. The van der Waals surface area contributed by atoms with Crippen LogP contribution < -0.4 is 14.8 Å². The van der Waals surface area contributed by atoms with Gasteiger partial charge < -0.3 is 19.7 Å². The summed E-state index contributed by atoms with van der Waals surface area (Å²) < 4.78 is 10.2. The molecule has 0 aliphatic carbocycles. The highest BCUT2D eigenvalue weighted by molar-refractivity contribution is 6.39. The molecule has 1 aromatic carbocycles. The molecule has 0 radical (unpaired) electrons. The van der Waals surface area contributed by atoms with Crippen LogP contribution in [-0.2, 0) is 9.59 Å². The fraction of sp³-hybridized carbons (Fsp3) is 0.429. The maximum absolute atomic E-state index is 11.9. The van der Waals surface area contributed by atoms with Crippen molar-refractivity contribution in [1.29, 1.82) is 0 Å². The number of benzene rings is 1. The van der Waals surface area contributed by atoms with Crippen LogP contribution in [-0.4, -0.2) is 44.0 Å². The number of amides is 2. The number of hydrogen-bond donors (Lipinski definition) is 1. The molecule has 0 saturated carbocycles. The van der Waals surface area contributed by atoms with E-state index in [1.807, 2.05) is 0 Å². The van der Waals surface area contributed by atoms with Gasteiger partial charge >= 0.3 is 11.8 Å². The van der Waals surface area contributed by atoms with Gasteiger partial charge in [0.2, 0.25) is 0 Å². The number of anilines is 1. The van der Waals surface area contributed by atoms with Crippen molar-refractivity contribution in [2.24, 2.45) is 0 Å². The summed E-state index contributed by atoms with van der Waals surface area (Å²) in [4.78, 5) is 25.4. The predicted molar refractivity (Wildman–Crippen MR) is 74.0 cm³/mol. The van der Waals surface area contributed by atoms with Gasteiger partial charge in [-0.1, -0.05) is 0 Å². The van der Waals surface area contributed by atoms with Crippen LogP contribution in [0.4, 0.5) is 5.69 Å². The lowest BCUT2D eigenvalue weighted by Gasteiger charge is -2.15. The lowest BCUT2D eigenvalue weighted by molar-refractivity contribution is -0.142. The minimum atomic E-state index is -0.637. The minimum Gasteiger partial charge on any atom is -0.497 e. The molecule has 20 heavy (non-hydrogen) atoms. The van der Waals surface area contributed by atoms with Crippen molar-refractivity contribution >= 4 is 17.5 Å². The molecule has 1 aliphatic heterocycles. The van der Waals surface area contributed by atoms with E-state index in [1.165, 1.54) is 14.2 Å². The fourth-order valence-corrected chi connectivity index (χ4v) is 2.13. The quantitative estimate of drug-likeness (QED) is 0.845. The highest BCUT2D eigenvalue weighted by atomic mass is 16.5. The molecule has 108 valence electrons. The van der Waals surface area contributed by atoms with Gasteiger partial charge in [-0.25, -0.2) is 0 Å². The highest BCUT2D eigenvalue weighted by Gasteiger charge is 2.24. The molecule has 1 N–H and O–H groups in total. The summed E-state index contributed by atoms with van der Waals surface area (Å²) in [6, 6.07) is 4.97. The Kier molecular flexibility index (Phi) is 4.45. The molecule has 2 amide bonds. The Morgan fingerprint density at radius 2 is 1.60 bits per heavy atom. The van der Waals surface area contributed by atoms with Crippen LogP contribution >= 0.6 is 0 Å². The first-order valence-electron chi connectivity index (χ1n) is 6.47. The molecule has 2 rings (SSSR count). The number of nitrogens with one attached hydrogen (secondary N) is 1. The third-order valence-electron chi connectivity index (χ3n) is 3.20. The maximum Gasteiger partial charge on any atom is 0.313 e. The monoisotopic (exact) mass is 278 g/mol. The van der Waals surface area contributed by atoms with Gasteiger partial charge in [0.15, 0.2) is 0 Å². The maximum atomic E-state index is 11.9. The van der Waals surface area contributed by atoms with Crippen LogP contribution in [0.2, 0.25) is 0 Å². The molecule has 1 aliphatic rings. The molecular weight excluding hydrogens is 260 g/mol. The van der Waals surface area contributed by atoms with Crippen molar-refractivity contribution in [3.63, 3.8) is 0 Å². The lowest BCUT2D eigenvalue weighted by Crippen LogP contribution is -2.37. The Labute approximate surface area is 117 Å². The van der Waals surface area contributed by atoms with Crippen molar-refractivity contribution in [1.82, 2.24) is 4.90 Å². The minimum absolute atomic E-state index is 0.471. The van der Waals surface area contributed by atoms with Crippen LogP contribution in [0.1, 0.15) is 12.8 Å². The van der Waals surface area contributed by atoms with Crippen molar-refractivity contribution in [3.8, 4) is 11.5 Å². The van der Waals surface area contributed by atoms with Crippen molar-refractivity contribution < 1.29 is 19.1 Å². The SMILES string of the molecule is COc1cc(NC(=O)C(=O)N2CCCC2)cc(OC)c1. The third kappa shape index (κ3) is 3.20. The Bertz CT molecular complexity index is 488. The highest BCUT2D eigenvalue weighted by Crippen LogP contribution is 2.25. The number of ether oxygens (including phenoxy) is 2. The Morgan fingerprint density at radius 1 is 1.05 bits per heavy atom. The molecule has 1 fully saturated rings. The summed E-state index contributed by atoms with van der Waals surface area (Å²) in [6.45, 7) is 1.29. The van der Waals surface area contributed by atoms with Crippen molar-refractivity contribution in [3.05, 3.63) is 18.2 Å². The summed E-state index contributed by atoms with van der Waals surface area (Å²) in [5.74, 6) is -0.0342. The van der Waals surface area contributed by atoms with Gasteiger partial charge in [0.1, 0.15) is 11.5 Å². The van der Waals surface area contributed by atoms with E-state index in [2.05, 4.69) is 5.32 Å². The molecule has 1 saturated heterocycles. The number of carbonyl (C=O) groups excluding carboxylic acids is 2. The van der Waals surface area contributed by atoms with Gasteiger partial charge in [0, 0.05) is 37.0 Å². The number of carbonyl (C=O) groups is 2. The van der Waals surface area contributed by atoms with Crippen LogP contribution in [0.15, 0.2) is 18.2 Å². The van der Waals surface area contributed by atoms with E-state index < -0.39 is 11.8 Å². The zero-order valence-corrected chi connectivity index (χ0v) is 11.6. The second-order valence-electron chi connectivity index (χ2n) is 4.55. The van der Waals surface area contributed by atoms with E-state index in [1.54, 1.807) is 23.1 Å². The van der Waals surface area contributed by atoms with Crippen LogP contribution in [0, 0.1) is 0 Å². The van der Waals surface area contributed by atoms with Crippen LogP contribution in [0.5, 0.6) is 11.5 Å². The summed E-state index contributed by atoms with van der Waals surface area (Å²) in [6.07, 6.45) is 1.90. The third-order valence-corrected chi connectivity index (χ3v) is 3.20. The topological polar surface area (TPSA) is 67.9 Å². The number of methoxy groups -OCH3 is 2. The zero-order valence-electron chi connectivity index (χ0n) is 11.6. The lowest BCUT2D eigenvalue weighted by atomic mass is 10.2. The van der Waals surface area contributed by atoms with Gasteiger partial charge in [-0.15, -0.1) is 0 Å². The zero-order chi connectivity index (χ0) is 14.5. The van der Waals surface area contributed by atoms with Crippen molar-refractivity contribution in [2.75, 3.05) is 32.6 Å². The molecule has 1 aromatic rings. The van der Waals surface area contributed by atoms with E-state index in [-0.39, 0.29) is 0 Å². The average molecular weight is 278 g/mol. The van der Waals surface area contributed by atoms with Gasteiger partial charge in [0.05, 0.1) is 14.2 Å². The van der Waals surface area contributed by atoms with Gasteiger partial charge in [-0.05, 0) is 12.8 Å². The molecule has 1 heterocycles. The fourth-order valence-electron chi connectivity index (χ4n) is 2.13. The largest absolute Gasteiger partial charge is 0.497 e. The van der Waals surface area contributed by atoms with E-state index in [9.17, 15) is 9.59 Å². The summed E-state index contributed by atoms with van der Waals surface area (Å²) in [5, 5.41) is 2.58. The van der Waals surface area contributed by atoms with E-state index in [4.69, 9.17) is 9.47 Å². The summed E-state index contributed by atoms with van der Waals surface area (Å²) in [5.41, 5.74) is 0.471. The van der Waals surface area contributed by atoms with Gasteiger partial charge in [-0.2, -0.15) is 0 Å². The number of hydrogen-bond acceptors (Lipinski definition) is 4. The first kappa shape index (κ1) is 14.2. The molecular formula is C14H18N2O4. The first-order chi connectivity index (χ1) is 9.63. The van der Waals surface area contributed by atoms with Crippen LogP contribution in [0.3, 0.4) is 0 Å². The average Bonchev–Trinajstić information content (AvgIpc) is 3.00. The Morgan fingerprint density at radius 3 is 2.10 bits per heavy atom. The second-order valence-corrected chi connectivity index (χ2v) is 4.55. The Hall–Kier alpha value is -2.24. The first-order valence-corrected chi connectivity index (χ1v) is 6.47. The molecule has 0 aromatic heterocycles.